The summed E-state index contributed by atoms with van der Waals surface area (Å²) in [5.41, 5.74) is 0.717. The zero-order valence-electron chi connectivity index (χ0n) is 6.83. The van der Waals surface area contributed by atoms with Gasteiger partial charge < -0.3 is 4.90 Å². The Kier molecular flexibility index (Phi) is 2.80. The molecule has 0 radical (unpaired) electrons. The maximum atomic E-state index is 12.5. The minimum absolute atomic E-state index is 0.291. The quantitative estimate of drug-likeness (QED) is 0.629. The highest BCUT2D eigenvalue weighted by atomic mass is 19.1. The predicted octanol–water partition coefficient (Wildman–Crippen LogP) is 1.81. The lowest BCUT2D eigenvalue weighted by atomic mass is 10.3. The predicted molar refractivity (Wildman–Crippen MR) is 45.5 cm³/mol. The highest BCUT2D eigenvalue weighted by molar-refractivity contribution is 5.74. The van der Waals surface area contributed by atoms with Gasteiger partial charge in [0, 0.05) is 12.2 Å². The first-order valence-corrected chi connectivity index (χ1v) is 3.75. The fourth-order valence-corrected chi connectivity index (χ4v) is 0.951. The van der Waals surface area contributed by atoms with E-state index >= 15 is 0 Å². The van der Waals surface area contributed by atoms with Crippen LogP contribution in [-0.2, 0) is 4.79 Å². The van der Waals surface area contributed by atoms with Crippen molar-refractivity contribution in [1.82, 2.24) is 0 Å². The summed E-state index contributed by atoms with van der Waals surface area (Å²) in [6, 6.07) is 5.82. The number of anilines is 1. The molecule has 2 nitrogen and oxygen atoms in total. The number of hydrogen-bond donors (Lipinski definition) is 0. The number of halogens is 1. The standard InChI is InChI=1S/C9H10FNO/c1-2-11(7-12)9-5-3-8(10)4-6-9/h3-7H,2H2,1H3. The molecule has 1 rings (SSSR count). The number of carbonyl (C=O) groups excluding carboxylic acids is 1. The molecule has 0 unspecified atom stereocenters. The van der Waals surface area contributed by atoms with Crippen LogP contribution >= 0.6 is 0 Å². The van der Waals surface area contributed by atoms with E-state index in [0.29, 0.717) is 12.2 Å². The Balaban J connectivity index is 2.87. The summed E-state index contributed by atoms with van der Waals surface area (Å²) in [4.78, 5) is 12.0. The topological polar surface area (TPSA) is 20.3 Å². The van der Waals surface area contributed by atoms with Crippen molar-refractivity contribution >= 4 is 12.1 Å². The summed E-state index contributed by atoms with van der Waals surface area (Å²) in [5, 5.41) is 0. The molecular weight excluding hydrogens is 157 g/mol. The van der Waals surface area contributed by atoms with Crippen molar-refractivity contribution in [3.05, 3.63) is 30.1 Å². The third-order valence-electron chi connectivity index (χ3n) is 1.63. The van der Waals surface area contributed by atoms with Crippen LogP contribution in [0.25, 0.3) is 0 Å². The Hall–Kier alpha value is -1.38. The molecule has 64 valence electrons. The molecule has 1 aromatic rings. The first-order chi connectivity index (χ1) is 5.77. The summed E-state index contributed by atoms with van der Waals surface area (Å²) in [7, 11) is 0. The molecule has 12 heavy (non-hydrogen) atoms. The molecule has 0 saturated carbocycles. The molecule has 0 saturated heterocycles. The first-order valence-electron chi connectivity index (χ1n) is 3.75. The molecule has 1 amide bonds. The molecule has 0 aliphatic carbocycles. The molecule has 0 bridgehead atoms. The van der Waals surface area contributed by atoms with E-state index < -0.39 is 0 Å². The molecular formula is C9H10FNO. The van der Waals surface area contributed by atoms with Gasteiger partial charge in [0.2, 0.25) is 6.41 Å². The molecule has 0 aliphatic heterocycles. The lowest BCUT2D eigenvalue weighted by Gasteiger charge is -2.13. The molecule has 0 heterocycles. The van der Waals surface area contributed by atoms with Crippen LogP contribution in [0.2, 0.25) is 0 Å². The first kappa shape index (κ1) is 8.71. The van der Waals surface area contributed by atoms with Crippen molar-refractivity contribution in [1.29, 1.82) is 0 Å². The fourth-order valence-electron chi connectivity index (χ4n) is 0.951. The van der Waals surface area contributed by atoms with Gasteiger partial charge in [0.1, 0.15) is 5.82 Å². The number of hydrogen-bond acceptors (Lipinski definition) is 1. The van der Waals surface area contributed by atoms with E-state index in [1.54, 1.807) is 12.1 Å². The Morgan fingerprint density at radius 1 is 1.42 bits per heavy atom. The van der Waals surface area contributed by atoms with Crippen molar-refractivity contribution in [2.75, 3.05) is 11.4 Å². The van der Waals surface area contributed by atoms with Crippen LogP contribution in [-0.4, -0.2) is 13.0 Å². The van der Waals surface area contributed by atoms with E-state index in [1.807, 2.05) is 6.92 Å². The SMILES string of the molecule is CCN(C=O)c1ccc(F)cc1. The third kappa shape index (κ3) is 1.81. The van der Waals surface area contributed by atoms with Crippen molar-refractivity contribution in [2.24, 2.45) is 0 Å². The van der Waals surface area contributed by atoms with Crippen molar-refractivity contribution in [3.63, 3.8) is 0 Å². The lowest BCUT2D eigenvalue weighted by molar-refractivity contribution is -0.107. The molecule has 0 aliphatic rings. The van der Waals surface area contributed by atoms with E-state index in [1.165, 1.54) is 17.0 Å². The van der Waals surface area contributed by atoms with E-state index in [-0.39, 0.29) is 5.82 Å². The number of carbonyl (C=O) groups is 1. The average molecular weight is 167 g/mol. The van der Waals surface area contributed by atoms with E-state index in [4.69, 9.17) is 0 Å². The van der Waals surface area contributed by atoms with Crippen LogP contribution < -0.4 is 4.90 Å². The van der Waals surface area contributed by atoms with Crippen LogP contribution in [0.5, 0.6) is 0 Å². The highest BCUT2D eigenvalue weighted by Crippen LogP contribution is 2.12. The van der Waals surface area contributed by atoms with Gasteiger partial charge in [-0.15, -0.1) is 0 Å². The van der Waals surface area contributed by atoms with Gasteiger partial charge in [-0.3, -0.25) is 4.79 Å². The normalized spacial score (nSPS) is 9.50. The summed E-state index contributed by atoms with van der Waals surface area (Å²) in [6.07, 6.45) is 0.729. The summed E-state index contributed by atoms with van der Waals surface area (Å²) < 4.78 is 12.5. The van der Waals surface area contributed by atoms with Gasteiger partial charge in [-0.1, -0.05) is 0 Å². The van der Waals surface area contributed by atoms with E-state index in [9.17, 15) is 9.18 Å². The third-order valence-corrected chi connectivity index (χ3v) is 1.63. The zero-order chi connectivity index (χ0) is 8.97. The smallest absolute Gasteiger partial charge is 0.214 e. The monoisotopic (exact) mass is 167 g/mol. The molecule has 0 atom stereocenters. The minimum atomic E-state index is -0.291. The lowest BCUT2D eigenvalue weighted by Crippen LogP contribution is -2.19. The van der Waals surface area contributed by atoms with Gasteiger partial charge in [0.25, 0.3) is 0 Å². The summed E-state index contributed by atoms with van der Waals surface area (Å²) in [6.45, 7) is 2.45. The molecule has 0 spiro atoms. The fraction of sp³-hybridized carbons (Fsp3) is 0.222. The largest absolute Gasteiger partial charge is 0.315 e. The summed E-state index contributed by atoms with van der Waals surface area (Å²) in [5.74, 6) is -0.291. The second kappa shape index (κ2) is 3.85. The van der Waals surface area contributed by atoms with E-state index in [2.05, 4.69) is 0 Å². The van der Waals surface area contributed by atoms with Gasteiger partial charge in [0.05, 0.1) is 0 Å². The second-order valence-electron chi connectivity index (χ2n) is 2.37. The van der Waals surface area contributed by atoms with E-state index in [0.717, 1.165) is 6.41 Å². The van der Waals surface area contributed by atoms with Crippen LogP contribution in [0.15, 0.2) is 24.3 Å². The van der Waals surface area contributed by atoms with Crippen LogP contribution in [0, 0.1) is 5.82 Å². The van der Waals surface area contributed by atoms with Crippen molar-refractivity contribution in [3.8, 4) is 0 Å². The van der Waals surface area contributed by atoms with Gasteiger partial charge in [-0.05, 0) is 31.2 Å². The average Bonchev–Trinajstić information content (AvgIpc) is 2.10. The van der Waals surface area contributed by atoms with Gasteiger partial charge in [-0.25, -0.2) is 4.39 Å². The Labute approximate surface area is 70.6 Å². The molecule has 0 aromatic heterocycles. The molecule has 1 aromatic carbocycles. The maximum Gasteiger partial charge on any atom is 0.214 e. The Bertz CT molecular complexity index is 258. The molecule has 3 heteroatoms. The Morgan fingerprint density at radius 3 is 2.42 bits per heavy atom. The number of rotatable bonds is 3. The molecule has 0 fully saturated rings. The van der Waals surface area contributed by atoms with Gasteiger partial charge in [-0.2, -0.15) is 0 Å². The number of benzene rings is 1. The van der Waals surface area contributed by atoms with Crippen LogP contribution in [0.1, 0.15) is 6.92 Å². The second-order valence-corrected chi connectivity index (χ2v) is 2.37. The highest BCUT2D eigenvalue weighted by Gasteiger charge is 2.00. The molecule has 0 N–H and O–H groups in total. The minimum Gasteiger partial charge on any atom is -0.315 e. The van der Waals surface area contributed by atoms with Crippen LogP contribution in [0.4, 0.5) is 10.1 Å². The zero-order valence-corrected chi connectivity index (χ0v) is 6.83. The number of nitrogens with zero attached hydrogens (tertiary/aromatic N) is 1. The van der Waals surface area contributed by atoms with Crippen molar-refractivity contribution < 1.29 is 9.18 Å². The maximum absolute atomic E-state index is 12.5. The Morgan fingerprint density at radius 2 is 2.00 bits per heavy atom. The van der Waals surface area contributed by atoms with Gasteiger partial charge in [0.15, 0.2) is 0 Å². The number of amides is 1. The van der Waals surface area contributed by atoms with Crippen LogP contribution in [0.3, 0.4) is 0 Å². The summed E-state index contributed by atoms with van der Waals surface area (Å²) >= 11 is 0. The van der Waals surface area contributed by atoms with Gasteiger partial charge >= 0.3 is 0 Å². The van der Waals surface area contributed by atoms with Crippen molar-refractivity contribution in [2.45, 2.75) is 6.92 Å².